The van der Waals surface area contributed by atoms with Gasteiger partial charge in [0.25, 0.3) is 0 Å². The van der Waals surface area contributed by atoms with Crippen LogP contribution in [-0.4, -0.2) is 201 Å². The van der Waals surface area contributed by atoms with Crippen LogP contribution in [0.25, 0.3) is 0 Å². The van der Waals surface area contributed by atoms with E-state index in [0.29, 0.717) is 104 Å². The van der Waals surface area contributed by atoms with Gasteiger partial charge in [0.05, 0.1) is 39.6 Å². The number of hydrogen-bond acceptors (Lipinski definition) is 21. The number of carbonyl (C=O) groups excluding carboxylic acids is 10. The van der Waals surface area contributed by atoms with Crippen molar-refractivity contribution in [3.63, 3.8) is 0 Å². The number of carbonyl (C=O) groups is 10. The van der Waals surface area contributed by atoms with Crippen molar-refractivity contribution in [2.45, 2.75) is 205 Å². The number of hydrogen-bond donors (Lipinski definition) is 12. The molecule has 31 heteroatoms. The molecule has 93 heavy (non-hydrogen) atoms. The van der Waals surface area contributed by atoms with Gasteiger partial charge >= 0.3 is 12.2 Å². The van der Waals surface area contributed by atoms with Gasteiger partial charge in [-0.3, -0.25) is 38.4 Å². The fraction of sp³-hybridized carbons (Fsp3) is 0.839. The Bertz CT molecular complexity index is 1710. The predicted molar refractivity (Wildman–Crippen MR) is 349 cm³/mol. The lowest BCUT2D eigenvalue weighted by molar-refractivity contribution is -0.122. The summed E-state index contributed by atoms with van der Waals surface area (Å²) < 4.78 is 16.6. The zero-order valence-corrected chi connectivity index (χ0v) is 55.9. The Labute approximate surface area is 552 Å². The van der Waals surface area contributed by atoms with Gasteiger partial charge in [0.2, 0.25) is 47.3 Å². The van der Waals surface area contributed by atoms with Gasteiger partial charge in [-0.15, -0.1) is 0 Å². The van der Waals surface area contributed by atoms with Crippen molar-refractivity contribution in [1.29, 1.82) is 0 Å². The highest BCUT2D eigenvalue weighted by Gasteiger charge is 2.18. The van der Waals surface area contributed by atoms with Crippen LogP contribution in [0.15, 0.2) is 0 Å². The summed E-state index contributed by atoms with van der Waals surface area (Å²) in [6.45, 7) is 4.39. The smallest absolute Gasteiger partial charge is 0.409 e. The molecule has 0 aromatic heterocycles. The highest BCUT2D eigenvalue weighted by molar-refractivity contribution is 5.79. The largest absolute Gasteiger partial charge is 0.447 e. The summed E-state index contributed by atoms with van der Waals surface area (Å²) in [5, 5.41) is 22.9. The molecule has 0 aliphatic heterocycles. The monoisotopic (exact) mass is 1330 g/mol. The maximum atomic E-state index is 13.3. The normalized spacial score (nSPS) is 10.9. The van der Waals surface area contributed by atoms with Crippen LogP contribution < -0.4 is 66.1 Å². The lowest BCUT2D eigenvalue weighted by Gasteiger charge is -2.23. The molecule has 31 nitrogen and oxygen atoms in total. The van der Waals surface area contributed by atoms with E-state index in [1.54, 1.807) is 0 Å². The van der Waals surface area contributed by atoms with Gasteiger partial charge in [-0.05, 0) is 103 Å². The van der Waals surface area contributed by atoms with Crippen LogP contribution in [0.5, 0.6) is 0 Å². The van der Waals surface area contributed by atoms with Crippen LogP contribution in [0.4, 0.5) is 9.59 Å². The fourth-order valence-electron chi connectivity index (χ4n) is 9.13. The maximum Gasteiger partial charge on any atom is 0.409 e. The Morgan fingerprint density at radius 1 is 0.226 bits per heavy atom. The summed E-state index contributed by atoms with van der Waals surface area (Å²) in [6.07, 6.45) is 19.3. The standard InChI is InChI=1S/C62H120N14O17/c63-90-45-21-5-13-29-53(77)67-33-17-1-9-25-57(81)71-37-41-75(42-38-72-58(82)26-10-2-18-34-68-54(78)30-14-6-22-46-91-64)61(85)88-51-49-87-50-52-89-62(86)76(43-39-73-59(83)27-11-3-19-35-69-55(79)31-15-7-23-47-92-65)44-40-74-60(84)28-12-4-20-36-70-56(80)32-16-8-24-48-93-66/h1-52,63-66H2,(H,67,77)(H,68,78)(H,69,79)(H,70,80)(H,71,81)(H,72,82)(H,73,83)(H,74,84). The number of amides is 10. The van der Waals surface area contributed by atoms with Crippen molar-refractivity contribution in [2.24, 2.45) is 23.6 Å². The second-order valence-corrected chi connectivity index (χ2v) is 22.6. The van der Waals surface area contributed by atoms with E-state index >= 15 is 0 Å². The zero-order chi connectivity index (χ0) is 68.3. The minimum atomic E-state index is -0.696. The number of rotatable bonds is 66. The van der Waals surface area contributed by atoms with Crippen molar-refractivity contribution >= 4 is 59.4 Å². The molecule has 0 saturated heterocycles. The first kappa shape index (κ1) is 86.9. The average Bonchev–Trinajstić information content (AvgIpc) is 3.21. The summed E-state index contributed by atoms with van der Waals surface area (Å²) in [4.78, 5) is 147. The zero-order valence-electron chi connectivity index (χ0n) is 55.9. The molecule has 0 aliphatic rings. The van der Waals surface area contributed by atoms with Crippen LogP contribution in [0.2, 0.25) is 0 Å². The van der Waals surface area contributed by atoms with Crippen molar-refractivity contribution in [2.75, 3.05) is 131 Å². The molecule has 0 aromatic carbocycles. The Hall–Kier alpha value is -6.06. The third-order valence-electron chi connectivity index (χ3n) is 14.5. The minimum absolute atomic E-state index is 0.0170. The van der Waals surface area contributed by atoms with Crippen molar-refractivity contribution < 1.29 is 81.5 Å². The molecule has 0 heterocycles. The summed E-state index contributed by atoms with van der Waals surface area (Å²) in [5.74, 6) is 19.3. The highest BCUT2D eigenvalue weighted by Crippen LogP contribution is 2.07. The summed E-state index contributed by atoms with van der Waals surface area (Å²) in [5.41, 5.74) is 0. The maximum absolute atomic E-state index is 13.3. The Kier molecular flexibility index (Phi) is 61.7. The predicted octanol–water partition coefficient (Wildman–Crippen LogP) is 2.85. The van der Waals surface area contributed by atoms with Crippen LogP contribution in [-0.2, 0) is 71.9 Å². The van der Waals surface area contributed by atoms with Gasteiger partial charge in [0, 0.05) is 130 Å². The van der Waals surface area contributed by atoms with E-state index < -0.39 is 12.2 Å². The van der Waals surface area contributed by atoms with Gasteiger partial charge in [0.15, 0.2) is 0 Å². The highest BCUT2D eigenvalue weighted by atomic mass is 16.6. The molecule has 0 fully saturated rings. The Balaban J connectivity index is 5.20. The SMILES string of the molecule is NOCCCCCC(=O)NCCCCCC(=O)NCCN(CCNC(=O)CCCCCNC(=O)CCCCCON)C(=O)OCCOCCOC(=O)N(CCNC(=O)CCCCCNC(=O)CCCCCON)CCNC(=O)CCCCCNC(=O)CCCCCON. The number of nitrogens with one attached hydrogen (secondary N) is 8. The molecule has 16 N–H and O–H groups in total. The lowest BCUT2D eigenvalue weighted by atomic mass is 10.1. The van der Waals surface area contributed by atoms with Crippen LogP contribution >= 0.6 is 0 Å². The van der Waals surface area contributed by atoms with E-state index in [2.05, 4.69) is 61.9 Å². The summed E-state index contributed by atoms with van der Waals surface area (Å²) in [6, 6.07) is 0. The van der Waals surface area contributed by atoms with Gasteiger partial charge in [0.1, 0.15) is 13.2 Å². The number of ether oxygens (including phenoxy) is 3. The second kappa shape index (κ2) is 66.0. The van der Waals surface area contributed by atoms with Crippen LogP contribution in [0.3, 0.4) is 0 Å². The fourth-order valence-corrected chi connectivity index (χ4v) is 9.13. The van der Waals surface area contributed by atoms with Crippen LogP contribution in [0.1, 0.15) is 205 Å². The molecular formula is C62H120N14O17. The van der Waals surface area contributed by atoms with Crippen molar-refractivity contribution in [1.82, 2.24) is 52.3 Å². The van der Waals surface area contributed by atoms with Gasteiger partial charge < -0.3 is 85.9 Å². The molecule has 10 amide bonds. The summed E-state index contributed by atoms with van der Waals surface area (Å²) in [7, 11) is 0. The number of nitrogens with two attached hydrogens (primary N) is 4. The molecule has 0 unspecified atom stereocenters. The molecule has 0 rings (SSSR count). The first-order chi connectivity index (χ1) is 45.3. The molecule has 0 radical (unpaired) electrons. The Morgan fingerprint density at radius 2 is 0.419 bits per heavy atom. The quantitative estimate of drug-likeness (QED) is 0.0308. The van der Waals surface area contributed by atoms with E-state index in [9.17, 15) is 47.9 Å². The van der Waals surface area contributed by atoms with Gasteiger partial charge in [-0.1, -0.05) is 51.4 Å². The molecule has 0 bridgehead atoms. The number of nitrogens with zero attached hydrogens (tertiary/aromatic N) is 2. The van der Waals surface area contributed by atoms with Crippen molar-refractivity contribution in [3.8, 4) is 0 Å². The lowest BCUT2D eigenvalue weighted by Crippen LogP contribution is -2.43. The average molecular weight is 1330 g/mol. The second-order valence-electron chi connectivity index (χ2n) is 22.6. The van der Waals surface area contributed by atoms with E-state index in [1.165, 1.54) is 9.80 Å². The van der Waals surface area contributed by atoms with Gasteiger partial charge in [-0.25, -0.2) is 33.2 Å². The third kappa shape index (κ3) is 60.6. The van der Waals surface area contributed by atoms with E-state index in [-0.39, 0.29) is 152 Å². The van der Waals surface area contributed by atoms with E-state index in [4.69, 9.17) is 37.8 Å². The molecule has 0 atom stereocenters. The molecule has 0 saturated carbocycles. The minimum Gasteiger partial charge on any atom is -0.447 e. The third-order valence-corrected chi connectivity index (χ3v) is 14.5. The summed E-state index contributed by atoms with van der Waals surface area (Å²) >= 11 is 0. The molecule has 0 spiro atoms. The van der Waals surface area contributed by atoms with Crippen LogP contribution in [0, 0.1) is 0 Å². The molecule has 0 aliphatic carbocycles. The number of unbranched alkanes of at least 4 members (excludes halogenated alkanes) is 16. The first-order valence-electron chi connectivity index (χ1n) is 34.1. The first-order valence-corrected chi connectivity index (χ1v) is 34.1. The topological polar surface area (TPSA) is 442 Å². The van der Waals surface area contributed by atoms with Crippen molar-refractivity contribution in [3.05, 3.63) is 0 Å². The molecule has 540 valence electrons. The van der Waals surface area contributed by atoms with E-state index in [0.717, 1.165) is 128 Å². The Morgan fingerprint density at radius 3 is 0.624 bits per heavy atom. The molecule has 0 aromatic rings. The van der Waals surface area contributed by atoms with E-state index in [1.807, 2.05) is 0 Å². The molecular weight excluding hydrogens is 1210 g/mol. The van der Waals surface area contributed by atoms with Gasteiger partial charge in [-0.2, -0.15) is 0 Å².